The van der Waals surface area contributed by atoms with Crippen LogP contribution in [0.1, 0.15) is 71.3 Å². The van der Waals surface area contributed by atoms with Gasteiger partial charge in [-0.1, -0.05) is 69.1 Å². The van der Waals surface area contributed by atoms with Crippen molar-refractivity contribution in [2.24, 2.45) is 0 Å². The van der Waals surface area contributed by atoms with E-state index in [0.29, 0.717) is 30.8 Å². The van der Waals surface area contributed by atoms with Crippen molar-refractivity contribution in [3.63, 3.8) is 0 Å². The molecule has 0 aliphatic rings. The van der Waals surface area contributed by atoms with E-state index in [9.17, 15) is 9.59 Å². The van der Waals surface area contributed by atoms with Crippen molar-refractivity contribution >= 4 is 35.7 Å². The summed E-state index contributed by atoms with van der Waals surface area (Å²) in [4.78, 5) is 30.4. The number of esters is 1. The quantitative estimate of drug-likeness (QED) is 0.180. The summed E-state index contributed by atoms with van der Waals surface area (Å²) < 4.78 is 9.02. The Balaban J connectivity index is 1.69. The number of benzene rings is 3. The van der Waals surface area contributed by atoms with Crippen molar-refractivity contribution in [2.75, 3.05) is 13.2 Å². The first kappa shape index (κ1) is 27.5. The molecule has 7 heteroatoms. The lowest BCUT2D eigenvalue weighted by Crippen LogP contribution is -2.21. The molecule has 0 radical (unpaired) electrons. The summed E-state index contributed by atoms with van der Waals surface area (Å²) >= 11 is 4.32. The predicted molar refractivity (Wildman–Crippen MR) is 156 cm³/mol. The van der Waals surface area contributed by atoms with E-state index < -0.39 is 0 Å². The number of carbonyl (C=O) groups excluding carboxylic acids is 2. The first-order valence-electron chi connectivity index (χ1n) is 13.2. The van der Waals surface area contributed by atoms with Gasteiger partial charge in [-0.15, -0.1) is 0 Å². The third kappa shape index (κ3) is 5.78. The van der Waals surface area contributed by atoms with Gasteiger partial charge in [0, 0.05) is 25.1 Å². The van der Waals surface area contributed by atoms with Crippen LogP contribution >= 0.6 is 12.8 Å². The standard InChI is InChI=1S/C31H35N3O3S/c1-5-10-28-32-29-21(4)18-24(30(35)34(38)7-3)19-27(29)33(28)20-22-13-15-23(16-14-22)25-11-8-9-12-26(25)31(36)37-17-6-2/h8-9,11-16,18-19,38H,5-7,10,17,20H2,1-4H3. The fourth-order valence-corrected chi connectivity index (χ4v) is 4.72. The normalized spacial score (nSPS) is 11.1. The molecule has 0 spiro atoms. The number of carbonyl (C=O) groups is 2. The van der Waals surface area contributed by atoms with E-state index >= 15 is 0 Å². The van der Waals surface area contributed by atoms with Gasteiger partial charge in [-0.2, -0.15) is 0 Å². The summed E-state index contributed by atoms with van der Waals surface area (Å²) in [6, 6.07) is 19.6. The van der Waals surface area contributed by atoms with Gasteiger partial charge >= 0.3 is 5.97 Å². The van der Waals surface area contributed by atoms with Crippen LogP contribution in [0.25, 0.3) is 22.2 Å². The van der Waals surface area contributed by atoms with Gasteiger partial charge in [0.05, 0.1) is 23.2 Å². The molecular formula is C31H35N3O3S. The summed E-state index contributed by atoms with van der Waals surface area (Å²) in [6.07, 6.45) is 2.60. The van der Waals surface area contributed by atoms with Crippen molar-refractivity contribution in [1.29, 1.82) is 0 Å². The molecule has 0 bridgehead atoms. The minimum atomic E-state index is -0.302. The van der Waals surface area contributed by atoms with Crippen LogP contribution in [0.4, 0.5) is 0 Å². The van der Waals surface area contributed by atoms with Crippen molar-refractivity contribution < 1.29 is 14.3 Å². The average molecular weight is 530 g/mol. The van der Waals surface area contributed by atoms with Gasteiger partial charge in [0.15, 0.2) is 0 Å². The Bertz CT molecular complexity index is 1440. The van der Waals surface area contributed by atoms with Crippen LogP contribution in [0.2, 0.25) is 0 Å². The summed E-state index contributed by atoms with van der Waals surface area (Å²) in [5, 5.41) is 0. The number of hydrogen-bond donors (Lipinski definition) is 1. The molecule has 6 nitrogen and oxygen atoms in total. The number of aryl methyl sites for hydroxylation is 2. The van der Waals surface area contributed by atoms with Crippen LogP contribution in [-0.2, 0) is 17.7 Å². The molecule has 1 heterocycles. The molecule has 1 aromatic heterocycles. The Labute approximate surface area is 230 Å². The number of hydrogen-bond acceptors (Lipinski definition) is 5. The van der Waals surface area contributed by atoms with Crippen LogP contribution in [0.15, 0.2) is 60.7 Å². The maximum atomic E-state index is 12.9. The number of rotatable bonds is 10. The SMILES string of the molecule is CCCOC(=O)c1ccccc1-c1ccc(Cn2c(CCC)nc3c(C)cc(C(=O)N(S)CC)cc32)cc1. The van der Waals surface area contributed by atoms with Crippen molar-refractivity contribution in [3.8, 4) is 11.1 Å². The van der Waals surface area contributed by atoms with E-state index in [4.69, 9.17) is 9.72 Å². The fraction of sp³-hybridized carbons (Fsp3) is 0.323. The second-order valence-electron chi connectivity index (χ2n) is 9.42. The highest BCUT2D eigenvalue weighted by molar-refractivity contribution is 7.78. The third-order valence-electron chi connectivity index (χ3n) is 6.57. The maximum Gasteiger partial charge on any atom is 0.338 e. The number of fused-ring (bicyclic) bond motifs is 1. The van der Waals surface area contributed by atoms with Gasteiger partial charge < -0.3 is 9.30 Å². The molecule has 0 atom stereocenters. The van der Waals surface area contributed by atoms with E-state index in [1.165, 1.54) is 4.31 Å². The number of thiol groups is 1. The number of ether oxygens (including phenoxy) is 1. The van der Waals surface area contributed by atoms with Crippen LogP contribution in [0.3, 0.4) is 0 Å². The maximum absolute atomic E-state index is 12.9. The van der Waals surface area contributed by atoms with E-state index in [0.717, 1.165) is 58.4 Å². The van der Waals surface area contributed by atoms with E-state index in [-0.39, 0.29) is 11.9 Å². The lowest BCUT2D eigenvalue weighted by Gasteiger charge is -2.14. The Morgan fingerprint density at radius 1 is 1.00 bits per heavy atom. The molecule has 0 saturated carbocycles. The van der Waals surface area contributed by atoms with Gasteiger partial charge in [-0.25, -0.2) is 9.78 Å². The van der Waals surface area contributed by atoms with Gasteiger partial charge in [0.25, 0.3) is 5.91 Å². The van der Waals surface area contributed by atoms with Gasteiger partial charge in [-0.05, 0) is 67.1 Å². The Morgan fingerprint density at radius 2 is 1.74 bits per heavy atom. The van der Waals surface area contributed by atoms with Crippen molar-refractivity contribution in [1.82, 2.24) is 13.9 Å². The molecule has 0 aliphatic carbocycles. The Kier molecular flexibility index (Phi) is 8.89. The number of imidazole rings is 1. The molecule has 0 aliphatic heterocycles. The third-order valence-corrected chi connectivity index (χ3v) is 7.03. The summed E-state index contributed by atoms with van der Waals surface area (Å²) in [7, 11) is 0. The van der Waals surface area contributed by atoms with Crippen LogP contribution < -0.4 is 0 Å². The Hall–Kier alpha value is -3.58. The zero-order valence-corrected chi connectivity index (χ0v) is 23.4. The zero-order valence-electron chi connectivity index (χ0n) is 22.5. The zero-order chi connectivity index (χ0) is 27.2. The summed E-state index contributed by atoms with van der Waals surface area (Å²) in [5.41, 5.74) is 6.93. The largest absolute Gasteiger partial charge is 0.462 e. The number of amides is 1. The molecule has 1 amide bonds. The van der Waals surface area contributed by atoms with Crippen molar-refractivity contribution in [2.45, 2.75) is 53.5 Å². The average Bonchev–Trinajstić information content (AvgIpc) is 3.28. The van der Waals surface area contributed by atoms with Crippen LogP contribution in [-0.4, -0.2) is 38.9 Å². The molecule has 0 N–H and O–H groups in total. The first-order chi connectivity index (χ1) is 18.4. The molecule has 0 saturated heterocycles. The van der Waals surface area contributed by atoms with Gasteiger partial charge in [-0.3, -0.25) is 9.10 Å². The fourth-order valence-electron chi connectivity index (χ4n) is 4.61. The monoisotopic (exact) mass is 529 g/mol. The topological polar surface area (TPSA) is 64.4 Å². The number of nitrogens with zero attached hydrogens (tertiary/aromatic N) is 3. The summed E-state index contributed by atoms with van der Waals surface area (Å²) in [6.45, 7) is 9.57. The predicted octanol–water partition coefficient (Wildman–Crippen LogP) is 6.89. The first-order valence-corrected chi connectivity index (χ1v) is 13.6. The molecular weight excluding hydrogens is 494 g/mol. The molecule has 4 aromatic rings. The van der Waals surface area contributed by atoms with E-state index in [1.54, 1.807) is 0 Å². The lowest BCUT2D eigenvalue weighted by molar-refractivity contribution is 0.0506. The van der Waals surface area contributed by atoms with E-state index in [1.807, 2.05) is 69.3 Å². The number of aromatic nitrogens is 2. The van der Waals surface area contributed by atoms with E-state index in [2.05, 4.69) is 36.4 Å². The highest BCUT2D eigenvalue weighted by Crippen LogP contribution is 2.28. The molecule has 0 unspecified atom stereocenters. The van der Waals surface area contributed by atoms with Crippen LogP contribution in [0.5, 0.6) is 0 Å². The highest BCUT2D eigenvalue weighted by atomic mass is 32.1. The minimum Gasteiger partial charge on any atom is -0.462 e. The molecule has 3 aromatic carbocycles. The molecule has 4 rings (SSSR count). The van der Waals surface area contributed by atoms with Crippen molar-refractivity contribution in [3.05, 3.63) is 88.7 Å². The molecule has 0 fully saturated rings. The summed E-state index contributed by atoms with van der Waals surface area (Å²) in [5.74, 6) is 0.580. The highest BCUT2D eigenvalue weighted by Gasteiger charge is 2.19. The molecule has 38 heavy (non-hydrogen) atoms. The van der Waals surface area contributed by atoms with Crippen LogP contribution in [0, 0.1) is 6.92 Å². The van der Waals surface area contributed by atoms with Gasteiger partial charge in [0.1, 0.15) is 5.82 Å². The Morgan fingerprint density at radius 3 is 2.42 bits per heavy atom. The lowest BCUT2D eigenvalue weighted by atomic mass is 9.98. The molecule has 198 valence electrons. The minimum absolute atomic E-state index is 0.119. The second kappa shape index (κ2) is 12.3. The second-order valence-corrected chi connectivity index (χ2v) is 9.91. The van der Waals surface area contributed by atoms with Gasteiger partial charge in [0.2, 0.25) is 0 Å². The smallest absolute Gasteiger partial charge is 0.338 e.